The molecule has 0 saturated carbocycles. The number of aryl methyl sites for hydroxylation is 1. The minimum atomic E-state index is -0.425. The third kappa shape index (κ3) is 4.08. The van der Waals surface area contributed by atoms with Crippen molar-refractivity contribution < 1.29 is 4.92 Å². The SMILES string of the molecule is CCCCc1nc(Cl)c(CC#N)n1Cc1ccc([N+](=O)[O-])cc1. The highest BCUT2D eigenvalue weighted by Crippen LogP contribution is 2.22. The van der Waals surface area contributed by atoms with Gasteiger partial charge in [-0.25, -0.2) is 4.98 Å². The molecule has 0 bridgehead atoms. The Hall–Kier alpha value is -2.39. The van der Waals surface area contributed by atoms with Crippen molar-refractivity contribution in [3.8, 4) is 6.07 Å². The van der Waals surface area contributed by atoms with E-state index in [2.05, 4.69) is 18.0 Å². The Labute approximate surface area is 139 Å². The molecule has 0 unspecified atom stereocenters. The van der Waals surface area contributed by atoms with Crippen molar-refractivity contribution in [2.24, 2.45) is 0 Å². The van der Waals surface area contributed by atoms with Gasteiger partial charge in [0.15, 0.2) is 5.15 Å². The van der Waals surface area contributed by atoms with E-state index in [4.69, 9.17) is 16.9 Å². The van der Waals surface area contributed by atoms with Crippen LogP contribution in [0.5, 0.6) is 0 Å². The molecule has 0 aliphatic heterocycles. The van der Waals surface area contributed by atoms with E-state index in [1.165, 1.54) is 12.1 Å². The van der Waals surface area contributed by atoms with Gasteiger partial charge in [-0.2, -0.15) is 5.26 Å². The lowest BCUT2D eigenvalue weighted by molar-refractivity contribution is -0.384. The Morgan fingerprint density at radius 2 is 2.09 bits per heavy atom. The number of aromatic nitrogens is 2. The molecule has 0 aliphatic rings. The molecule has 1 heterocycles. The zero-order valence-corrected chi connectivity index (χ0v) is 13.6. The summed E-state index contributed by atoms with van der Waals surface area (Å²) in [7, 11) is 0. The summed E-state index contributed by atoms with van der Waals surface area (Å²) >= 11 is 6.17. The lowest BCUT2D eigenvalue weighted by Gasteiger charge is -2.11. The predicted molar refractivity (Wildman–Crippen MR) is 87.4 cm³/mol. The first-order valence-corrected chi connectivity index (χ1v) is 7.78. The minimum Gasteiger partial charge on any atom is -0.325 e. The predicted octanol–water partition coefficient (Wildman–Crippen LogP) is 3.90. The molecule has 0 atom stereocenters. The second kappa shape index (κ2) is 7.75. The van der Waals surface area contributed by atoms with E-state index >= 15 is 0 Å². The highest BCUT2D eigenvalue weighted by atomic mass is 35.5. The summed E-state index contributed by atoms with van der Waals surface area (Å²) in [6, 6.07) is 8.49. The normalized spacial score (nSPS) is 10.5. The van der Waals surface area contributed by atoms with Gasteiger partial charge in [0.2, 0.25) is 0 Å². The number of rotatable bonds is 7. The largest absolute Gasteiger partial charge is 0.325 e. The fourth-order valence-corrected chi connectivity index (χ4v) is 2.63. The number of unbranched alkanes of at least 4 members (excludes halogenated alkanes) is 1. The smallest absolute Gasteiger partial charge is 0.269 e. The monoisotopic (exact) mass is 332 g/mol. The van der Waals surface area contributed by atoms with E-state index in [0.717, 1.165) is 30.7 Å². The van der Waals surface area contributed by atoms with E-state index in [-0.39, 0.29) is 12.1 Å². The van der Waals surface area contributed by atoms with Gasteiger partial charge in [-0.15, -0.1) is 0 Å². The molecule has 23 heavy (non-hydrogen) atoms. The maximum Gasteiger partial charge on any atom is 0.269 e. The van der Waals surface area contributed by atoms with Crippen LogP contribution < -0.4 is 0 Å². The Morgan fingerprint density at radius 1 is 1.39 bits per heavy atom. The van der Waals surface area contributed by atoms with Crippen LogP contribution in [0, 0.1) is 21.4 Å². The molecular weight excluding hydrogens is 316 g/mol. The zero-order valence-electron chi connectivity index (χ0n) is 12.8. The van der Waals surface area contributed by atoms with Crippen molar-refractivity contribution in [2.75, 3.05) is 0 Å². The van der Waals surface area contributed by atoms with E-state index in [0.29, 0.717) is 17.4 Å². The number of halogens is 1. The molecule has 0 spiro atoms. The van der Waals surface area contributed by atoms with Crippen molar-refractivity contribution in [3.05, 3.63) is 56.6 Å². The van der Waals surface area contributed by atoms with Gasteiger partial charge in [0, 0.05) is 25.1 Å². The molecule has 0 fully saturated rings. The first kappa shape index (κ1) is 17.0. The fourth-order valence-electron chi connectivity index (χ4n) is 2.37. The van der Waals surface area contributed by atoms with Gasteiger partial charge in [0.25, 0.3) is 5.69 Å². The van der Waals surface area contributed by atoms with E-state index in [1.54, 1.807) is 12.1 Å². The van der Waals surface area contributed by atoms with E-state index in [9.17, 15) is 10.1 Å². The van der Waals surface area contributed by atoms with Gasteiger partial charge < -0.3 is 4.57 Å². The van der Waals surface area contributed by atoms with Crippen LogP contribution in [-0.4, -0.2) is 14.5 Å². The molecule has 0 aliphatic carbocycles. The Morgan fingerprint density at radius 3 is 2.65 bits per heavy atom. The first-order valence-electron chi connectivity index (χ1n) is 7.40. The van der Waals surface area contributed by atoms with Crippen molar-refractivity contribution in [1.29, 1.82) is 5.26 Å². The fraction of sp³-hybridized carbons (Fsp3) is 0.375. The molecule has 0 N–H and O–H groups in total. The summed E-state index contributed by atoms with van der Waals surface area (Å²) in [6.07, 6.45) is 2.99. The standard InChI is InChI=1S/C16H17ClN4O2/c1-2-3-4-15-19-16(17)14(9-10-18)20(15)11-12-5-7-13(8-6-12)21(22)23/h5-8H,2-4,9,11H2,1H3. The molecule has 2 aromatic rings. The Balaban J connectivity index is 2.32. The average Bonchev–Trinajstić information content (AvgIpc) is 2.82. The van der Waals surface area contributed by atoms with Gasteiger partial charge in [-0.3, -0.25) is 10.1 Å². The van der Waals surface area contributed by atoms with Gasteiger partial charge >= 0.3 is 0 Å². The zero-order chi connectivity index (χ0) is 16.8. The summed E-state index contributed by atoms with van der Waals surface area (Å²) in [6.45, 7) is 2.59. The number of non-ortho nitro benzene ring substituents is 1. The molecule has 120 valence electrons. The highest BCUT2D eigenvalue weighted by Gasteiger charge is 2.16. The lowest BCUT2D eigenvalue weighted by atomic mass is 10.2. The molecule has 7 heteroatoms. The Kier molecular flexibility index (Phi) is 5.72. The van der Waals surface area contributed by atoms with Crippen molar-refractivity contribution in [1.82, 2.24) is 9.55 Å². The van der Waals surface area contributed by atoms with Crippen LogP contribution in [0.25, 0.3) is 0 Å². The molecule has 0 amide bonds. The van der Waals surface area contributed by atoms with Crippen molar-refractivity contribution in [3.63, 3.8) is 0 Å². The first-order chi connectivity index (χ1) is 11.1. The number of nitro benzene ring substituents is 1. The lowest BCUT2D eigenvalue weighted by Crippen LogP contribution is -2.09. The topological polar surface area (TPSA) is 84.8 Å². The molecule has 1 aromatic heterocycles. The maximum atomic E-state index is 10.7. The van der Waals surface area contributed by atoms with Crippen molar-refractivity contribution >= 4 is 17.3 Å². The third-order valence-electron chi connectivity index (χ3n) is 3.59. The number of benzene rings is 1. The minimum absolute atomic E-state index is 0.0564. The second-order valence-corrected chi connectivity index (χ2v) is 5.57. The van der Waals surface area contributed by atoms with Crippen LogP contribution in [-0.2, 0) is 19.4 Å². The van der Waals surface area contributed by atoms with Crippen LogP contribution in [0.4, 0.5) is 5.69 Å². The molecule has 6 nitrogen and oxygen atoms in total. The maximum absolute atomic E-state index is 10.7. The number of hydrogen-bond acceptors (Lipinski definition) is 4. The van der Waals surface area contributed by atoms with Gasteiger partial charge in [-0.1, -0.05) is 37.1 Å². The third-order valence-corrected chi connectivity index (χ3v) is 3.89. The van der Waals surface area contributed by atoms with E-state index in [1.807, 2.05) is 4.57 Å². The number of hydrogen-bond donors (Lipinski definition) is 0. The van der Waals surface area contributed by atoms with Crippen LogP contribution in [0.3, 0.4) is 0 Å². The number of imidazole rings is 1. The van der Waals surface area contributed by atoms with Crippen LogP contribution >= 0.6 is 11.6 Å². The quantitative estimate of drug-likeness (QED) is 0.568. The summed E-state index contributed by atoms with van der Waals surface area (Å²) in [5.41, 5.74) is 1.65. The van der Waals surface area contributed by atoms with Crippen LogP contribution in [0.1, 0.15) is 36.8 Å². The summed E-state index contributed by atoms with van der Waals surface area (Å²) in [5, 5.41) is 20.1. The Bertz CT molecular complexity index is 732. The van der Waals surface area contributed by atoms with Gasteiger partial charge in [-0.05, 0) is 12.0 Å². The average molecular weight is 333 g/mol. The number of nitrogens with zero attached hydrogens (tertiary/aromatic N) is 4. The van der Waals surface area contributed by atoms with Crippen LogP contribution in [0.15, 0.2) is 24.3 Å². The van der Waals surface area contributed by atoms with Crippen molar-refractivity contribution in [2.45, 2.75) is 39.2 Å². The van der Waals surface area contributed by atoms with Crippen LogP contribution in [0.2, 0.25) is 5.15 Å². The molecule has 1 aromatic carbocycles. The summed E-state index contributed by atoms with van der Waals surface area (Å²) < 4.78 is 1.95. The number of nitro groups is 1. The van der Waals surface area contributed by atoms with Gasteiger partial charge in [0.1, 0.15) is 5.82 Å². The number of nitriles is 1. The second-order valence-electron chi connectivity index (χ2n) is 5.21. The molecule has 0 saturated heterocycles. The summed E-state index contributed by atoms with van der Waals surface area (Å²) in [5.74, 6) is 0.848. The van der Waals surface area contributed by atoms with E-state index < -0.39 is 4.92 Å². The molecule has 0 radical (unpaired) electrons. The molecular formula is C16H17ClN4O2. The molecule has 2 rings (SSSR count). The highest BCUT2D eigenvalue weighted by molar-refractivity contribution is 6.30. The van der Waals surface area contributed by atoms with Gasteiger partial charge in [0.05, 0.1) is 23.1 Å². The summed E-state index contributed by atoms with van der Waals surface area (Å²) in [4.78, 5) is 14.7.